The molecule has 1 atom stereocenters. The average molecular weight is 171 g/mol. The van der Waals surface area contributed by atoms with Crippen LogP contribution in [0.3, 0.4) is 0 Å². The number of hydrogen-bond acceptors (Lipinski definition) is 3. The molecule has 11 heavy (non-hydrogen) atoms. The Morgan fingerprint density at radius 2 is 2.55 bits per heavy atom. The first-order chi connectivity index (χ1) is 5.25. The summed E-state index contributed by atoms with van der Waals surface area (Å²) in [7, 11) is 0. The molecule has 0 aliphatic rings. The zero-order valence-corrected chi connectivity index (χ0v) is 6.74. The standard InChI is InChI=1S/C6H9N3OS/c7-6(10)5(4-11)9-3-1-2-8-9/h1-3,5,11H,4H2,(H2,7,10). The minimum Gasteiger partial charge on any atom is -0.368 e. The fraction of sp³-hybridized carbons (Fsp3) is 0.333. The van der Waals surface area contributed by atoms with E-state index in [2.05, 4.69) is 17.7 Å². The van der Waals surface area contributed by atoms with Crippen LogP contribution < -0.4 is 5.73 Å². The van der Waals surface area contributed by atoms with Crippen molar-refractivity contribution >= 4 is 18.5 Å². The Morgan fingerprint density at radius 1 is 1.82 bits per heavy atom. The fourth-order valence-corrected chi connectivity index (χ4v) is 1.12. The highest BCUT2D eigenvalue weighted by Gasteiger charge is 2.14. The Hall–Kier alpha value is -0.970. The molecule has 1 rings (SSSR count). The van der Waals surface area contributed by atoms with E-state index in [1.54, 1.807) is 18.5 Å². The van der Waals surface area contributed by atoms with E-state index < -0.39 is 11.9 Å². The Morgan fingerprint density at radius 3 is 2.91 bits per heavy atom. The summed E-state index contributed by atoms with van der Waals surface area (Å²) in [4.78, 5) is 10.7. The van der Waals surface area contributed by atoms with E-state index in [4.69, 9.17) is 5.73 Å². The number of thiol groups is 1. The first-order valence-corrected chi connectivity index (χ1v) is 3.78. The van der Waals surface area contributed by atoms with Crippen molar-refractivity contribution in [1.82, 2.24) is 9.78 Å². The van der Waals surface area contributed by atoms with Gasteiger partial charge in [0.05, 0.1) is 0 Å². The third kappa shape index (κ3) is 1.74. The van der Waals surface area contributed by atoms with Crippen molar-refractivity contribution in [3.05, 3.63) is 18.5 Å². The van der Waals surface area contributed by atoms with Crippen molar-refractivity contribution in [3.63, 3.8) is 0 Å². The Bertz CT molecular complexity index is 234. The molecule has 0 saturated carbocycles. The largest absolute Gasteiger partial charge is 0.368 e. The third-order valence-electron chi connectivity index (χ3n) is 1.35. The summed E-state index contributed by atoms with van der Waals surface area (Å²) in [6.45, 7) is 0. The molecule has 1 aromatic rings. The van der Waals surface area contributed by atoms with Crippen LogP contribution >= 0.6 is 12.6 Å². The number of nitrogens with zero attached hydrogens (tertiary/aromatic N) is 2. The highest BCUT2D eigenvalue weighted by atomic mass is 32.1. The minimum atomic E-state index is -0.437. The zero-order chi connectivity index (χ0) is 8.27. The van der Waals surface area contributed by atoms with Crippen molar-refractivity contribution in [2.24, 2.45) is 5.73 Å². The van der Waals surface area contributed by atoms with Crippen molar-refractivity contribution in [1.29, 1.82) is 0 Å². The molecule has 1 amide bonds. The molecule has 0 fully saturated rings. The highest BCUT2D eigenvalue weighted by molar-refractivity contribution is 7.80. The van der Waals surface area contributed by atoms with Gasteiger partial charge in [0.1, 0.15) is 6.04 Å². The van der Waals surface area contributed by atoms with E-state index in [1.165, 1.54) is 4.68 Å². The summed E-state index contributed by atoms with van der Waals surface area (Å²) >= 11 is 3.98. The minimum absolute atomic E-state index is 0.372. The normalized spacial score (nSPS) is 12.8. The predicted molar refractivity (Wildman–Crippen MR) is 44.3 cm³/mol. The van der Waals surface area contributed by atoms with E-state index in [9.17, 15) is 4.79 Å². The second kappa shape index (κ2) is 3.43. The Kier molecular flexibility index (Phi) is 2.53. The molecule has 0 aliphatic heterocycles. The zero-order valence-electron chi connectivity index (χ0n) is 5.84. The quantitative estimate of drug-likeness (QED) is 0.621. The summed E-state index contributed by atoms with van der Waals surface area (Å²) in [5, 5.41) is 3.88. The number of carbonyl (C=O) groups excluding carboxylic acids is 1. The van der Waals surface area contributed by atoms with E-state index >= 15 is 0 Å². The molecule has 1 aromatic heterocycles. The van der Waals surface area contributed by atoms with Crippen LogP contribution in [0.1, 0.15) is 6.04 Å². The number of amides is 1. The lowest BCUT2D eigenvalue weighted by Gasteiger charge is -2.09. The van der Waals surface area contributed by atoms with E-state index in [1.807, 2.05) is 0 Å². The van der Waals surface area contributed by atoms with Crippen LogP contribution in [-0.4, -0.2) is 21.4 Å². The topological polar surface area (TPSA) is 60.9 Å². The molecule has 2 N–H and O–H groups in total. The van der Waals surface area contributed by atoms with E-state index in [0.717, 1.165) is 0 Å². The monoisotopic (exact) mass is 171 g/mol. The molecule has 1 heterocycles. The molecule has 1 unspecified atom stereocenters. The molecule has 0 spiro atoms. The van der Waals surface area contributed by atoms with Crippen molar-refractivity contribution in [3.8, 4) is 0 Å². The maximum Gasteiger partial charge on any atom is 0.243 e. The van der Waals surface area contributed by atoms with Gasteiger partial charge in [0.2, 0.25) is 5.91 Å². The summed E-state index contributed by atoms with van der Waals surface area (Å²) in [6, 6.07) is 1.30. The maximum absolute atomic E-state index is 10.7. The molecule has 0 saturated heterocycles. The van der Waals surface area contributed by atoms with Crippen LogP contribution in [0.2, 0.25) is 0 Å². The van der Waals surface area contributed by atoms with Gasteiger partial charge in [-0.3, -0.25) is 9.48 Å². The highest BCUT2D eigenvalue weighted by Crippen LogP contribution is 2.04. The van der Waals surface area contributed by atoms with Gasteiger partial charge in [-0.25, -0.2) is 0 Å². The van der Waals surface area contributed by atoms with Crippen molar-refractivity contribution < 1.29 is 4.79 Å². The Labute approximate surface area is 69.8 Å². The average Bonchev–Trinajstić information content (AvgIpc) is 2.40. The maximum atomic E-state index is 10.7. The number of nitrogens with two attached hydrogens (primary N) is 1. The number of carbonyl (C=O) groups is 1. The van der Waals surface area contributed by atoms with Gasteiger partial charge in [-0.1, -0.05) is 0 Å². The van der Waals surface area contributed by atoms with Crippen LogP contribution in [0.25, 0.3) is 0 Å². The number of rotatable bonds is 3. The lowest BCUT2D eigenvalue weighted by molar-refractivity contribution is -0.120. The van der Waals surface area contributed by atoms with Crippen molar-refractivity contribution in [2.45, 2.75) is 6.04 Å². The molecular weight excluding hydrogens is 162 g/mol. The van der Waals surface area contributed by atoms with Crippen LogP contribution in [0.5, 0.6) is 0 Å². The van der Waals surface area contributed by atoms with Crippen LogP contribution in [0.4, 0.5) is 0 Å². The molecule has 0 aliphatic carbocycles. The van der Waals surface area contributed by atoms with Gasteiger partial charge >= 0.3 is 0 Å². The van der Waals surface area contributed by atoms with Gasteiger partial charge in [-0.05, 0) is 6.07 Å². The van der Waals surface area contributed by atoms with Crippen LogP contribution in [0.15, 0.2) is 18.5 Å². The molecular formula is C6H9N3OS. The second-order valence-electron chi connectivity index (χ2n) is 2.09. The smallest absolute Gasteiger partial charge is 0.243 e. The summed E-state index contributed by atoms with van der Waals surface area (Å²) in [6.07, 6.45) is 3.28. The molecule has 0 radical (unpaired) electrons. The fourth-order valence-electron chi connectivity index (χ4n) is 0.769. The molecule has 5 heteroatoms. The van der Waals surface area contributed by atoms with E-state index in [0.29, 0.717) is 5.75 Å². The molecule has 4 nitrogen and oxygen atoms in total. The first kappa shape index (κ1) is 8.13. The third-order valence-corrected chi connectivity index (χ3v) is 1.69. The summed E-state index contributed by atoms with van der Waals surface area (Å²) < 4.78 is 1.50. The lowest BCUT2D eigenvalue weighted by Crippen LogP contribution is -2.28. The SMILES string of the molecule is NC(=O)C(CS)n1cccn1. The van der Waals surface area contributed by atoms with Gasteiger partial charge in [-0.2, -0.15) is 17.7 Å². The molecule has 60 valence electrons. The van der Waals surface area contributed by atoms with Gasteiger partial charge in [0.15, 0.2) is 0 Å². The predicted octanol–water partition coefficient (Wildman–Crippen LogP) is -0.161. The van der Waals surface area contributed by atoms with Gasteiger partial charge < -0.3 is 5.73 Å². The van der Waals surface area contributed by atoms with Crippen LogP contribution in [0, 0.1) is 0 Å². The molecule has 0 bridgehead atoms. The Balaban J connectivity index is 2.79. The van der Waals surface area contributed by atoms with Crippen LogP contribution in [-0.2, 0) is 4.79 Å². The summed E-state index contributed by atoms with van der Waals surface area (Å²) in [5.74, 6) is -0.0412. The van der Waals surface area contributed by atoms with E-state index in [-0.39, 0.29) is 0 Å². The van der Waals surface area contributed by atoms with Gasteiger partial charge in [0.25, 0.3) is 0 Å². The van der Waals surface area contributed by atoms with Gasteiger partial charge in [-0.15, -0.1) is 0 Å². The molecule has 0 aromatic carbocycles. The lowest BCUT2D eigenvalue weighted by atomic mass is 10.3. The van der Waals surface area contributed by atoms with Gasteiger partial charge in [0, 0.05) is 18.1 Å². The first-order valence-electron chi connectivity index (χ1n) is 3.15. The summed E-state index contributed by atoms with van der Waals surface area (Å²) in [5.41, 5.74) is 5.09. The second-order valence-corrected chi connectivity index (χ2v) is 2.45. The number of primary amides is 1. The van der Waals surface area contributed by atoms with Crippen molar-refractivity contribution in [2.75, 3.05) is 5.75 Å². The number of aromatic nitrogens is 2. The number of hydrogen-bond donors (Lipinski definition) is 2.